The summed E-state index contributed by atoms with van der Waals surface area (Å²) in [4.78, 5) is 4.79. The molecule has 0 atom stereocenters. The number of aromatic nitrogens is 4. The standard InChI is InChI=1S/C38H32N4O2Si.Pt/c1-38(2,3)26-19-20-39-36(21-26)42-32-14-10-9-13-30(32)31-17-15-28(22-33(31)42)43-29-16-18-35-34(23-29)41-25-40(27-11-7-6-8-12-27)24-37(41)45(4,5)44-35;/h6-21,24H,1-5H3;/q-2;. The molecule has 0 unspecified atom stereocenters. The molecule has 3 aromatic heterocycles. The zero-order valence-electron chi connectivity index (χ0n) is 26.2. The smallest absolute Gasteiger partial charge is 0.267 e. The van der Waals surface area contributed by atoms with Crippen molar-refractivity contribution in [3.05, 3.63) is 127 Å². The van der Waals surface area contributed by atoms with E-state index in [0.29, 0.717) is 11.5 Å². The van der Waals surface area contributed by atoms with Crippen molar-refractivity contribution in [1.29, 1.82) is 0 Å². The number of pyridine rings is 1. The summed E-state index contributed by atoms with van der Waals surface area (Å²) in [6, 6.07) is 37.9. The number of imidazole rings is 1. The molecule has 232 valence electrons. The van der Waals surface area contributed by atoms with Crippen LogP contribution in [0.4, 0.5) is 0 Å². The van der Waals surface area contributed by atoms with Gasteiger partial charge in [0, 0.05) is 56.2 Å². The monoisotopic (exact) mass is 799 g/mol. The molecule has 0 fully saturated rings. The first-order valence-electron chi connectivity index (χ1n) is 15.1. The molecule has 4 aromatic carbocycles. The topological polar surface area (TPSA) is 45.1 Å². The Labute approximate surface area is 284 Å². The number of nitrogens with zero attached hydrogens (tertiary/aromatic N) is 4. The van der Waals surface area contributed by atoms with Gasteiger partial charge in [-0.25, -0.2) is 4.98 Å². The van der Waals surface area contributed by atoms with Crippen LogP contribution in [0.2, 0.25) is 13.1 Å². The molecule has 8 heteroatoms. The number of hydrogen-bond acceptors (Lipinski definition) is 3. The molecule has 0 radical (unpaired) electrons. The predicted octanol–water partition coefficient (Wildman–Crippen LogP) is 7.54. The van der Waals surface area contributed by atoms with E-state index in [1.807, 2.05) is 47.2 Å². The quantitative estimate of drug-likeness (QED) is 0.105. The molecule has 7 aromatic rings. The van der Waals surface area contributed by atoms with Crippen molar-refractivity contribution < 1.29 is 34.8 Å². The number of benzene rings is 4. The van der Waals surface area contributed by atoms with Gasteiger partial charge in [-0.3, -0.25) is 4.57 Å². The molecule has 0 spiro atoms. The van der Waals surface area contributed by atoms with Gasteiger partial charge in [0.2, 0.25) is 0 Å². The van der Waals surface area contributed by atoms with E-state index in [9.17, 15) is 0 Å². The minimum absolute atomic E-state index is 0. The van der Waals surface area contributed by atoms with Crippen molar-refractivity contribution in [2.75, 3.05) is 0 Å². The fourth-order valence-electron chi connectivity index (χ4n) is 6.07. The van der Waals surface area contributed by atoms with Crippen LogP contribution in [0.25, 0.3) is 39.0 Å². The van der Waals surface area contributed by atoms with Crippen LogP contribution in [0, 0.1) is 18.5 Å². The average molecular weight is 800 g/mol. The maximum absolute atomic E-state index is 6.57. The maximum atomic E-state index is 6.57. The van der Waals surface area contributed by atoms with Crippen LogP contribution >= 0.6 is 0 Å². The molecule has 4 heterocycles. The summed E-state index contributed by atoms with van der Waals surface area (Å²) in [5, 5.41) is 3.34. The van der Waals surface area contributed by atoms with E-state index in [2.05, 4.69) is 122 Å². The zero-order chi connectivity index (χ0) is 30.9. The summed E-state index contributed by atoms with van der Waals surface area (Å²) in [5.74, 6) is 2.80. The molecular formula is C38H32N4O2PtSi-2. The second-order valence-corrected chi connectivity index (χ2v) is 16.7. The van der Waals surface area contributed by atoms with Crippen molar-refractivity contribution in [3.8, 4) is 34.4 Å². The van der Waals surface area contributed by atoms with Gasteiger partial charge in [-0.2, -0.15) is 6.07 Å². The Morgan fingerprint density at radius 1 is 0.848 bits per heavy atom. The van der Waals surface area contributed by atoms with Gasteiger partial charge in [0.15, 0.2) is 0 Å². The fourth-order valence-corrected chi connectivity index (χ4v) is 8.03. The van der Waals surface area contributed by atoms with E-state index in [1.54, 1.807) is 0 Å². The van der Waals surface area contributed by atoms with Gasteiger partial charge in [0.1, 0.15) is 5.82 Å². The van der Waals surface area contributed by atoms with Gasteiger partial charge < -0.3 is 18.3 Å². The molecular weight excluding hydrogens is 768 g/mol. The average Bonchev–Trinajstić information content (AvgIpc) is 3.63. The Bertz CT molecular complexity index is 2250. The van der Waals surface area contributed by atoms with E-state index in [1.165, 1.54) is 5.56 Å². The van der Waals surface area contributed by atoms with Crippen LogP contribution in [0.3, 0.4) is 0 Å². The molecule has 0 aliphatic carbocycles. The number of rotatable bonds is 4. The number of ether oxygens (including phenoxy) is 1. The van der Waals surface area contributed by atoms with Crippen molar-refractivity contribution in [3.63, 3.8) is 0 Å². The summed E-state index contributed by atoms with van der Waals surface area (Å²) in [6.45, 7) is 11.0. The largest absolute Gasteiger partial charge is 0.605 e. The molecule has 0 saturated heterocycles. The summed E-state index contributed by atoms with van der Waals surface area (Å²) in [7, 11) is -2.23. The SMILES string of the molecule is CC(C)(C)c1ccnc(-n2c3[c-]c(Oc4[c-]c5c(cc4)O[Si](C)(C)c4c[n+](-c6ccccc6)[c-]n4-5)ccc3c3ccccc32)c1.[Pt]. The summed E-state index contributed by atoms with van der Waals surface area (Å²) in [6.07, 6.45) is 7.52. The predicted molar refractivity (Wildman–Crippen MR) is 179 cm³/mol. The van der Waals surface area contributed by atoms with Gasteiger partial charge in [-0.15, -0.1) is 35.7 Å². The van der Waals surface area contributed by atoms with E-state index >= 15 is 0 Å². The Kier molecular flexibility index (Phi) is 7.30. The van der Waals surface area contributed by atoms with E-state index in [0.717, 1.165) is 50.1 Å². The van der Waals surface area contributed by atoms with E-state index < -0.39 is 8.32 Å². The number of para-hydroxylation sites is 2. The molecule has 46 heavy (non-hydrogen) atoms. The zero-order valence-corrected chi connectivity index (χ0v) is 29.5. The Morgan fingerprint density at radius 2 is 1.59 bits per heavy atom. The minimum atomic E-state index is -2.23. The van der Waals surface area contributed by atoms with Crippen molar-refractivity contribution in [1.82, 2.24) is 14.1 Å². The van der Waals surface area contributed by atoms with Crippen molar-refractivity contribution in [2.45, 2.75) is 39.3 Å². The van der Waals surface area contributed by atoms with Crippen LogP contribution < -0.4 is 19.0 Å². The van der Waals surface area contributed by atoms with Gasteiger partial charge in [-0.1, -0.05) is 62.7 Å². The van der Waals surface area contributed by atoms with Crippen LogP contribution in [0.15, 0.2) is 103 Å². The summed E-state index contributed by atoms with van der Waals surface area (Å²) in [5.41, 5.74) is 5.02. The second kappa shape index (κ2) is 11.1. The maximum Gasteiger partial charge on any atom is 0.267 e. The van der Waals surface area contributed by atoms with Crippen LogP contribution in [0.1, 0.15) is 26.3 Å². The van der Waals surface area contributed by atoms with Gasteiger partial charge in [0.25, 0.3) is 14.6 Å². The van der Waals surface area contributed by atoms with Crippen LogP contribution in [-0.2, 0) is 26.5 Å². The molecule has 0 amide bonds. The van der Waals surface area contributed by atoms with Gasteiger partial charge >= 0.3 is 0 Å². The van der Waals surface area contributed by atoms with Gasteiger partial charge in [0.05, 0.1) is 11.0 Å². The first kappa shape index (κ1) is 30.2. The van der Waals surface area contributed by atoms with Crippen molar-refractivity contribution in [2.24, 2.45) is 0 Å². The third-order valence-electron chi connectivity index (χ3n) is 8.42. The molecule has 0 N–H and O–H groups in total. The Balaban J connectivity index is 0.00000338. The summed E-state index contributed by atoms with van der Waals surface area (Å²) < 4.78 is 19.3. The fraction of sp³-hybridized carbons (Fsp3) is 0.158. The first-order chi connectivity index (χ1) is 21.7. The number of fused-ring (bicyclic) bond motifs is 6. The van der Waals surface area contributed by atoms with Crippen LogP contribution in [0.5, 0.6) is 17.2 Å². The number of hydrogen-bond donors (Lipinski definition) is 0. The molecule has 1 aliphatic heterocycles. The molecule has 0 saturated carbocycles. The minimum Gasteiger partial charge on any atom is -0.605 e. The normalized spacial score (nSPS) is 13.5. The van der Waals surface area contributed by atoms with E-state index in [-0.39, 0.29) is 26.5 Å². The van der Waals surface area contributed by atoms with Gasteiger partial charge in [-0.05, 0) is 65.5 Å². The summed E-state index contributed by atoms with van der Waals surface area (Å²) >= 11 is 0. The Morgan fingerprint density at radius 3 is 2.39 bits per heavy atom. The Hall–Kier alpha value is -4.45. The molecule has 0 bridgehead atoms. The molecule has 1 aliphatic rings. The molecule has 6 nitrogen and oxygen atoms in total. The van der Waals surface area contributed by atoms with E-state index in [4.69, 9.17) is 14.1 Å². The third kappa shape index (κ3) is 5.08. The van der Waals surface area contributed by atoms with Crippen molar-refractivity contribution >= 4 is 35.4 Å². The molecule has 8 rings (SSSR count). The third-order valence-corrected chi connectivity index (χ3v) is 10.7. The van der Waals surface area contributed by atoms with Crippen LogP contribution in [-0.4, -0.2) is 22.4 Å². The second-order valence-electron chi connectivity index (χ2n) is 13.0. The first-order valence-corrected chi connectivity index (χ1v) is 18.1.